The Balaban J connectivity index is 2.15. The number of benzene rings is 2. The van der Waals surface area contributed by atoms with Gasteiger partial charge in [0.1, 0.15) is 0 Å². The molecule has 0 bridgehead atoms. The number of carbonyl (C=O) groups excluding carboxylic acids is 1. The highest BCUT2D eigenvalue weighted by Crippen LogP contribution is 2.32. The number of hydrogen-bond acceptors (Lipinski definition) is 5. The molecule has 0 saturated carbocycles. The van der Waals surface area contributed by atoms with Crippen molar-refractivity contribution in [3.05, 3.63) is 80.8 Å². The van der Waals surface area contributed by atoms with Crippen LogP contribution < -0.4 is 11.2 Å². The maximum atomic E-state index is 13.4. The van der Waals surface area contributed by atoms with Gasteiger partial charge in [0, 0.05) is 17.0 Å². The van der Waals surface area contributed by atoms with Crippen molar-refractivity contribution in [2.45, 2.75) is 6.18 Å². The minimum Gasteiger partial charge on any atom is -0.465 e. The molecule has 0 aliphatic carbocycles. The number of methoxy groups -OCH3 is 1. The molecule has 10 heteroatoms. The minimum absolute atomic E-state index is 0.0956. The van der Waals surface area contributed by atoms with E-state index >= 15 is 0 Å². The fraction of sp³-hybridized carbons (Fsp3) is 0.100. The number of halogens is 3. The van der Waals surface area contributed by atoms with Crippen molar-refractivity contribution in [3.8, 4) is 5.69 Å². The number of pyridine rings is 1. The minimum atomic E-state index is -4.83. The molecule has 0 unspecified atom stereocenters. The molecule has 0 radical (unpaired) electrons. The van der Waals surface area contributed by atoms with E-state index in [0.29, 0.717) is 27.5 Å². The van der Waals surface area contributed by atoms with Crippen molar-refractivity contribution in [2.24, 2.45) is 0 Å². The fourth-order valence-electron chi connectivity index (χ4n) is 3.25. The average Bonchev–Trinajstić information content (AvgIpc) is 2.72. The van der Waals surface area contributed by atoms with Crippen molar-refractivity contribution in [3.63, 3.8) is 0 Å². The van der Waals surface area contributed by atoms with E-state index in [0.717, 1.165) is 7.11 Å². The van der Waals surface area contributed by atoms with Crippen LogP contribution in [0.2, 0.25) is 0 Å². The summed E-state index contributed by atoms with van der Waals surface area (Å²) in [4.78, 5) is 44.2. The Hall–Kier alpha value is -3.95. The second-order valence-electron chi connectivity index (χ2n) is 6.39. The highest BCUT2D eigenvalue weighted by molar-refractivity contribution is 6.03. The summed E-state index contributed by atoms with van der Waals surface area (Å²) >= 11 is 0. The van der Waals surface area contributed by atoms with E-state index in [2.05, 4.69) is 14.7 Å². The molecule has 4 rings (SSSR count). The molecule has 0 aliphatic rings. The number of aromatic amines is 1. The van der Waals surface area contributed by atoms with Gasteiger partial charge in [-0.2, -0.15) is 13.2 Å². The van der Waals surface area contributed by atoms with Crippen molar-refractivity contribution >= 4 is 27.6 Å². The Morgan fingerprint density at radius 3 is 2.53 bits per heavy atom. The molecule has 0 atom stereocenters. The quantitative estimate of drug-likeness (QED) is 0.508. The van der Waals surface area contributed by atoms with E-state index in [1.54, 1.807) is 24.3 Å². The van der Waals surface area contributed by atoms with Gasteiger partial charge in [-0.25, -0.2) is 14.2 Å². The van der Waals surface area contributed by atoms with E-state index in [1.165, 1.54) is 12.4 Å². The second-order valence-corrected chi connectivity index (χ2v) is 6.39. The normalized spacial score (nSPS) is 11.7. The van der Waals surface area contributed by atoms with Gasteiger partial charge in [-0.05, 0) is 12.1 Å². The lowest BCUT2D eigenvalue weighted by atomic mass is 10.1. The average molecular weight is 415 g/mol. The predicted octanol–water partition coefficient (Wildman–Crippen LogP) is 3.03. The SMILES string of the molecule is COC(=O)c1cc(C(F)(F)F)cc2c(=O)n(-c3cncc4ccccc34)c(=O)[nH]c12. The first-order valence-electron chi connectivity index (χ1n) is 8.54. The van der Waals surface area contributed by atoms with Crippen molar-refractivity contribution in [1.29, 1.82) is 0 Å². The summed E-state index contributed by atoms with van der Waals surface area (Å²) < 4.78 is 45.3. The van der Waals surface area contributed by atoms with Crippen molar-refractivity contribution in [2.75, 3.05) is 7.11 Å². The monoisotopic (exact) mass is 415 g/mol. The molecule has 0 spiro atoms. The Morgan fingerprint density at radius 1 is 1.10 bits per heavy atom. The lowest BCUT2D eigenvalue weighted by molar-refractivity contribution is -0.137. The third-order valence-corrected chi connectivity index (χ3v) is 4.63. The predicted molar refractivity (Wildman–Crippen MR) is 102 cm³/mol. The number of nitrogens with zero attached hydrogens (tertiary/aromatic N) is 2. The summed E-state index contributed by atoms with van der Waals surface area (Å²) in [6.45, 7) is 0. The van der Waals surface area contributed by atoms with Gasteiger partial charge in [-0.1, -0.05) is 24.3 Å². The molecule has 0 amide bonds. The largest absolute Gasteiger partial charge is 0.465 e. The van der Waals surface area contributed by atoms with Gasteiger partial charge in [0.15, 0.2) is 0 Å². The van der Waals surface area contributed by atoms with Gasteiger partial charge in [0.25, 0.3) is 5.56 Å². The Morgan fingerprint density at radius 2 is 1.83 bits per heavy atom. The zero-order valence-corrected chi connectivity index (χ0v) is 15.3. The van der Waals surface area contributed by atoms with Gasteiger partial charge in [-0.15, -0.1) is 0 Å². The molecule has 30 heavy (non-hydrogen) atoms. The first-order valence-corrected chi connectivity index (χ1v) is 8.54. The Labute approximate surface area is 165 Å². The number of fused-ring (bicyclic) bond motifs is 2. The lowest BCUT2D eigenvalue weighted by Crippen LogP contribution is -2.34. The summed E-state index contributed by atoms with van der Waals surface area (Å²) in [6.07, 6.45) is -2.04. The van der Waals surface area contributed by atoms with Crippen LogP contribution in [0.5, 0.6) is 0 Å². The highest BCUT2D eigenvalue weighted by Gasteiger charge is 2.33. The topological polar surface area (TPSA) is 94.1 Å². The Kier molecular flexibility index (Phi) is 4.41. The number of H-pyrrole nitrogens is 1. The number of hydrogen-bond donors (Lipinski definition) is 1. The van der Waals surface area contributed by atoms with Crippen molar-refractivity contribution in [1.82, 2.24) is 14.5 Å². The highest BCUT2D eigenvalue weighted by atomic mass is 19.4. The number of rotatable bonds is 2. The second kappa shape index (κ2) is 6.83. The molecular weight excluding hydrogens is 403 g/mol. The first kappa shape index (κ1) is 19.4. The smallest absolute Gasteiger partial charge is 0.416 e. The summed E-state index contributed by atoms with van der Waals surface area (Å²) in [5, 5.41) is 0.637. The molecular formula is C20H12F3N3O4. The zero-order valence-electron chi connectivity index (χ0n) is 15.3. The molecule has 7 nitrogen and oxygen atoms in total. The van der Waals surface area contributed by atoms with Crippen LogP contribution in [0, 0.1) is 0 Å². The standard InChI is InChI=1S/C20H12F3N3O4/c1-30-18(28)14-7-11(20(21,22)23)6-13-16(14)25-19(29)26(17(13)27)15-9-24-8-10-4-2-3-5-12(10)15/h2-9H,1H3,(H,25,29). The molecule has 4 aromatic rings. The number of esters is 1. The maximum absolute atomic E-state index is 13.4. The van der Waals surface area contributed by atoms with Gasteiger partial charge < -0.3 is 9.72 Å². The van der Waals surface area contributed by atoms with E-state index in [9.17, 15) is 27.6 Å². The van der Waals surface area contributed by atoms with Gasteiger partial charge in [-0.3, -0.25) is 9.78 Å². The van der Waals surface area contributed by atoms with E-state index in [1.807, 2.05) is 0 Å². The van der Waals surface area contributed by atoms with Gasteiger partial charge in [0.05, 0.1) is 41.0 Å². The summed E-state index contributed by atoms with van der Waals surface area (Å²) in [5.74, 6) is -1.12. The Bertz CT molecular complexity index is 1430. The fourth-order valence-corrected chi connectivity index (χ4v) is 3.25. The number of carbonyl (C=O) groups is 1. The van der Waals surface area contributed by atoms with E-state index < -0.39 is 39.9 Å². The van der Waals surface area contributed by atoms with Gasteiger partial charge >= 0.3 is 17.8 Å². The molecule has 0 aliphatic heterocycles. The van der Waals surface area contributed by atoms with Crippen LogP contribution in [-0.2, 0) is 10.9 Å². The third-order valence-electron chi connectivity index (χ3n) is 4.63. The molecule has 1 N–H and O–H groups in total. The van der Waals surface area contributed by atoms with Crippen LogP contribution in [0.25, 0.3) is 27.4 Å². The first-order chi connectivity index (χ1) is 14.2. The zero-order chi connectivity index (χ0) is 21.6. The molecule has 2 heterocycles. The van der Waals surface area contributed by atoms with Crippen LogP contribution in [0.15, 0.2) is 58.4 Å². The van der Waals surface area contributed by atoms with Crippen LogP contribution in [0.3, 0.4) is 0 Å². The molecule has 0 saturated heterocycles. The van der Waals surface area contributed by atoms with Crippen LogP contribution >= 0.6 is 0 Å². The summed E-state index contributed by atoms with van der Waals surface area (Å²) in [6, 6.07) is 7.91. The van der Waals surface area contributed by atoms with Crippen molar-refractivity contribution < 1.29 is 22.7 Å². The number of aromatic nitrogens is 3. The summed E-state index contributed by atoms with van der Waals surface area (Å²) in [5.41, 5.74) is -3.99. The summed E-state index contributed by atoms with van der Waals surface area (Å²) in [7, 11) is 0.982. The third kappa shape index (κ3) is 3.02. The number of alkyl halides is 3. The van der Waals surface area contributed by atoms with Crippen LogP contribution in [-0.4, -0.2) is 27.6 Å². The molecule has 2 aromatic heterocycles. The van der Waals surface area contributed by atoms with E-state index in [4.69, 9.17) is 0 Å². The van der Waals surface area contributed by atoms with Crippen LogP contribution in [0.1, 0.15) is 15.9 Å². The molecule has 0 fully saturated rings. The number of nitrogens with one attached hydrogen (secondary N) is 1. The number of ether oxygens (including phenoxy) is 1. The maximum Gasteiger partial charge on any atom is 0.416 e. The van der Waals surface area contributed by atoms with Crippen LogP contribution in [0.4, 0.5) is 13.2 Å². The molecule has 2 aromatic carbocycles. The lowest BCUT2D eigenvalue weighted by Gasteiger charge is -2.13. The van der Waals surface area contributed by atoms with Gasteiger partial charge in [0.2, 0.25) is 0 Å². The molecule has 152 valence electrons. The van der Waals surface area contributed by atoms with E-state index in [-0.39, 0.29) is 11.2 Å².